The van der Waals surface area contributed by atoms with Crippen LogP contribution in [-0.4, -0.2) is 0 Å². The van der Waals surface area contributed by atoms with Gasteiger partial charge in [-0.3, -0.25) is 0 Å². The predicted molar refractivity (Wildman–Crippen MR) is 282 cm³/mol. The molecule has 336 valence electrons. The van der Waals surface area contributed by atoms with Gasteiger partial charge >= 0.3 is 0 Å². The summed E-state index contributed by atoms with van der Waals surface area (Å²) in [5.41, 5.74) is 18.6. The molecule has 0 N–H and O–H groups in total. The first-order valence-corrected chi connectivity index (χ1v) is 23.0. The van der Waals surface area contributed by atoms with E-state index in [4.69, 9.17) is 0 Å². The molecule has 0 aromatic rings. The lowest BCUT2D eigenvalue weighted by Gasteiger charge is -2.15. The highest BCUT2D eigenvalue weighted by Gasteiger charge is 2.07. The van der Waals surface area contributed by atoms with Crippen LogP contribution in [0.3, 0.4) is 0 Å². The van der Waals surface area contributed by atoms with Crippen molar-refractivity contribution in [3.63, 3.8) is 0 Å². The van der Waals surface area contributed by atoms with Gasteiger partial charge in [0.2, 0.25) is 0 Å². The Balaban J connectivity index is -0.000000722. The van der Waals surface area contributed by atoms with Crippen molar-refractivity contribution in [3.05, 3.63) is 178 Å². The molecule has 0 heteroatoms. The Hall–Kier alpha value is -3.90. The minimum Gasteiger partial charge on any atom is -0.0988 e. The number of hydrogen-bond acceptors (Lipinski definition) is 0. The lowest BCUT2D eigenvalue weighted by Crippen LogP contribution is -1.96. The summed E-state index contributed by atoms with van der Waals surface area (Å²) in [5, 5.41) is 0. The van der Waals surface area contributed by atoms with E-state index < -0.39 is 0 Å². The molecule has 0 aliphatic heterocycles. The van der Waals surface area contributed by atoms with E-state index in [-0.39, 0.29) is 0 Å². The highest BCUT2D eigenvalue weighted by molar-refractivity contribution is 5.23. The van der Waals surface area contributed by atoms with E-state index in [1.165, 1.54) is 102 Å². The first-order valence-electron chi connectivity index (χ1n) is 23.0. The second kappa shape index (κ2) is 40.5. The quantitative estimate of drug-likeness (QED) is 0.0754. The van der Waals surface area contributed by atoms with Crippen molar-refractivity contribution < 1.29 is 0 Å². The van der Waals surface area contributed by atoms with Crippen molar-refractivity contribution in [2.24, 2.45) is 0 Å². The molecular formula is C60H96. The van der Waals surface area contributed by atoms with Crippen LogP contribution in [0.25, 0.3) is 0 Å². The fourth-order valence-corrected chi connectivity index (χ4v) is 5.73. The van der Waals surface area contributed by atoms with E-state index in [1.807, 2.05) is 18.2 Å². The van der Waals surface area contributed by atoms with Crippen molar-refractivity contribution in [2.45, 2.75) is 200 Å². The Morgan fingerprint density at radius 3 is 1.15 bits per heavy atom. The molecule has 0 unspecified atom stereocenters. The van der Waals surface area contributed by atoms with Gasteiger partial charge < -0.3 is 0 Å². The first-order chi connectivity index (χ1) is 28.3. The van der Waals surface area contributed by atoms with Crippen LogP contribution in [0.15, 0.2) is 178 Å². The summed E-state index contributed by atoms with van der Waals surface area (Å²) in [6, 6.07) is 0. The first kappa shape index (κ1) is 60.4. The largest absolute Gasteiger partial charge is 0.0988 e. The Bertz CT molecular complexity index is 1520. The summed E-state index contributed by atoms with van der Waals surface area (Å²) in [5.74, 6) is 0. The molecule has 0 radical (unpaired) electrons. The molecule has 0 aromatic carbocycles. The molecule has 0 fully saturated rings. The third kappa shape index (κ3) is 45.2. The highest BCUT2D eigenvalue weighted by Crippen LogP contribution is 2.27. The smallest absolute Gasteiger partial charge is 0.0134 e. The summed E-state index contributed by atoms with van der Waals surface area (Å²) in [6.45, 7) is 47.6. The molecule has 0 saturated heterocycles. The van der Waals surface area contributed by atoms with E-state index in [0.29, 0.717) is 0 Å². The number of allylic oxidation sites excluding steroid dienone is 26. The van der Waals surface area contributed by atoms with Gasteiger partial charge in [-0.25, -0.2) is 0 Å². The third-order valence-electron chi connectivity index (χ3n) is 10.2. The molecule has 60 heavy (non-hydrogen) atoms. The Morgan fingerprint density at radius 1 is 0.450 bits per heavy atom. The van der Waals surface area contributed by atoms with Crippen LogP contribution < -0.4 is 0 Å². The molecule has 1 aliphatic carbocycles. The van der Waals surface area contributed by atoms with Gasteiger partial charge in [0.05, 0.1) is 0 Å². The fourth-order valence-electron chi connectivity index (χ4n) is 5.73. The van der Waals surface area contributed by atoms with Crippen LogP contribution in [0.2, 0.25) is 0 Å². The van der Waals surface area contributed by atoms with E-state index in [1.54, 1.807) is 16.7 Å². The summed E-state index contributed by atoms with van der Waals surface area (Å²) < 4.78 is 0. The molecule has 0 atom stereocenters. The van der Waals surface area contributed by atoms with Gasteiger partial charge in [-0.15, -0.1) is 0 Å². The van der Waals surface area contributed by atoms with Crippen molar-refractivity contribution in [1.29, 1.82) is 0 Å². The van der Waals surface area contributed by atoms with Crippen molar-refractivity contribution in [2.75, 3.05) is 0 Å². The van der Waals surface area contributed by atoms with Crippen LogP contribution in [0.1, 0.15) is 200 Å². The molecule has 0 bridgehead atoms. The highest BCUT2D eigenvalue weighted by atomic mass is 14.1. The van der Waals surface area contributed by atoms with Gasteiger partial charge in [0.15, 0.2) is 0 Å². The van der Waals surface area contributed by atoms with Gasteiger partial charge in [0.1, 0.15) is 0 Å². The monoisotopic (exact) mass is 817 g/mol. The second-order valence-electron chi connectivity index (χ2n) is 17.7. The zero-order chi connectivity index (χ0) is 46.3. The molecule has 1 rings (SSSR count). The fraction of sp³-hybridized carbons (Fsp3) is 0.500. The summed E-state index contributed by atoms with van der Waals surface area (Å²) in [7, 11) is 0. The molecule has 0 saturated carbocycles. The second-order valence-corrected chi connectivity index (χ2v) is 17.7. The van der Waals surface area contributed by atoms with Crippen LogP contribution in [0, 0.1) is 0 Å². The molecular weight excluding hydrogens is 721 g/mol. The molecule has 0 aromatic heterocycles. The molecule has 0 spiro atoms. The third-order valence-corrected chi connectivity index (χ3v) is 10.2. The molecule has 0 nitrogen and oxygen atoms in total. The van der Waals surface area contributed by atoms with Crippen LogP contribution in [0.4, 0.5) is 0 Å². The van der Waals surface area contributed by atoms with Crippen LogP contribution in [-0.2, 0) is 0 Å². The van der Waals surface area contributed by atoms with Gasteiger partial charge in [-0.2, -0.15) is 0 Å². The summed E-state index contributed by atoms with van der Waals surface area (Å²) in [4.78, 5) is 0. The van der Waals surface area contributed by atoms with E-state index >= 15 is 0 Å². The van der Waals surface area contributed by atoms with Gasteiger partial charge in [0, 0.05) is 0 Å². The SMILES string of the molecule is C=C/C(C)=C/C/C=C(\C)CCC=C(C)C.C=C/C(C)=C\C/C=C(/C)CCC=C(C)C.C=CC(=C)CC/C=C(\C)CCC=C(C)C.CC(C)=CCCC(C)=C1CC=C(C)CC1. The molecule has 0 heterocycles. The zero-order valence-corrected chi connectivity index (χ0v) is 42.4. The van der Waals surface area contributed by atoms with E-state index in [9.17, 15) is 0 Å². The minimum absolute atomic E-state index is 1.03. The normalized spacial score (nSPS) is 13.9. The minimum atomic E-state index is 1.03. The number of rotatable bonds is 22. The van der Waals surface area contributed by atoms with Crippen molar-refractivity contribution >= 4 is 0 Å². The van der Waals surface area contributed by atoms with Crippen LogP contribution in [0.5, 0.6) is 0 Å². The Morgan fingerprint density at radius 2 is 0.817 bits per heavy atom. The van der Waals surface area contributed by atoms with Crippen molar-refractivity contribution in [3.8, 4) is 0 Å². The molecule has 0 amide bonds. The predicted octanol–water partition coefficient (Wildman–Crippen LogP) is 20.8. The average Bonchev–Trinajstić information content (AvgIpc) is 3.18. The van der Waals surface area contributed by atoms with E-state index in [2.05, 4.69) is 191 Å². The van der Waals surface area contributed by atoms with E-state index in [0.717, 1.165) is 50.5 Å². The van der Waals surface area contributed by atoms with Crippen molar-refractivity contribution in [1.82, 2.24) is 0 Å². The summed E-state index contributed by atoms with van der Waals surface area (Å²) in [6.07, 6.45) is 46.0. The number of hydrogen-bond donors (Lipinski definition) is 0. The Labute approximate surface area is 376 Å². The lowest BCUT2D eigenvalue weighted by molar-refractivity contribution is 0.810. The van der Waals surface area contributed by atoms with Crippen LogP contribution >= 0.6 is 0 Å². The Kier molecular flexibility index (Phi) is 40.8. The van der Waals surface area contributed by atoms with Gasteiger partial charge in [-0.1, -0.05) is 178 Å². The van der Waals surface area contributed by atoms with Gasteiger partial charge in [0.25, 0.3) is 0 Å². The molecule has 1 aliphatic rings. The summed E-state index contributed by atoms with van der Waals surface area (Å²) >= 11 is 0. The standard InChI is InChI=1S/4C15H24/c1-12(2)6-5-7-14(4)15-10-8-13(3)9-11-15;3*1-6-14(4)10-8-12-15(5)11-7-9-13(2)3/h6,8H,5,7,9-11H2,1-4H3;2*6,9-10,12H,1,7-8,11H2,2-5H3;6,9,12H,1,4,7-8,10-11H2,2-3,5H3/b;14-10+,15-12+;14-10-,15-12-;15-12+. The lowest BCUT2D eigenvalue weighted by atomic mass is 9.91. The zero-order valence-electron chi connectivity index (χ0n) is 42.4. The maximum atomic E-state index is 3.90. The van der Waals surface area contributed by atoms with Gasteiger partial charge in [-0.05, 0) is 200 Å². The maximum absolute atomic E-state index is 3.90. The average molecular weight is 817 g/mol. The maximum Gasteiger partial charge on any atom is -0.0134 e. The topological polar surface area (TPSA) is 0 Å².